The predicted molar refractivity (Wildman–Crippen MR) is 133 cm³/mol. The van der Waals surface area contributed by atoms with E-state index in [0.29, 0.717) is 0 Å². The van der Waals surface area contributed by atoms with E-state index < -0.39 is 0 Å². The molecule has 4 rings (SSSR count). The first-order valence-electron chi connectivity index (χ1n) is 8.85. The van der Waals surface area contributed by atoms with Gasteiger partial charge in [0.15, 0.2) is 0 Å². The summed E-state index contributed by atoms with van der Waals surface area (Å²) >= 11 is 0. The van der Waals surface area contributed by atoms with Crippen molar-refractivity contribution in [1.82, 2.24) is 0 Å². The Morgan fingerprint density at radius 2 is 0.893 bits per heavy atom. The fourth-order valence-electron chi connectivity index (χ4n) is 3.58. The molecule has 28 heavy (non-hydrogen) atoms. The van der Waals surface area contributed by atoms with Gasteiger partial charge in [-0.1, -0.05) is 115 Å². The third-order valence-corrected chi connectivity index (χ3v) is 5.87. The Balaban J connectivity index is 0.00000140. The minimum Gasteiger partial charge on any atom is -0.153 e. The van der Waals surface area contributed by atoms with Crippen molar-refractivity contribution in [2.45, 2.75) is 5.16 Å². The van der Waals surface area contributed by atoms with Crippen LogP contribution in [0.2, 0.25) is 0 Å². The van der Waals surface area contributed by atoms with Crippen LogP contribution in [0.15, 0.2) is 115 Å². The fourth-order valence-corrected chi connectivity index (χ4v) is 4.21. The zero-order valence-electron chi connectivity index (χ0n) is 15.7. The van der Waals surface area contributed by atoms with Gasteiger partial charge in [-0.05, 0) is 27.8 Å². The number of hydrogen-bond acceptors (Lipinski definition) is 0. The van der Waals surface area contributed by atoms with Crippen LogP contribution >= 0.6 is 31.5 Å². The van der Waals surface area contributed by atoms with Crippen LogP contribution in [-0.2, 0) is 5.16 Å². The second-order valence-electron chi connectivity index (χ2n) is 6.45. The molecule has 142 valence electrons. The van der Waals surface area contributed by atoms with E-state index in [9.17, 15) is 0 Å². The lowest BCUT2D eigenvalue weighted by atomic mass is 9.80. The third kappa shape index (κ3) is 4.21. The van der Waals surface area contributed by atoms with E-state index in [-0.39, 0.29) is 27.5 Å². The molecule has 0 amide bonds. The van der Waals surface area contributed by atoms with Gasteiger partial charge in [-0.2, -0.15) is 9.90 Å². The first kappa shape index (κ1) is 22.3. The van der Waals surface area contributed by atoms with Crippen LogP contribution < -0.4 is 0 Å². The topological polar surface area (TPSA) is 0 Å². The summed E-state index contributed by atoms with van der Waals surface area (Å²) in [4.78, 5) is 0. The standard InChI is InChI=1S/C25H21P.ClH.H3P/c26-25(21-14-6-2-7-15-21,22-16-8-3-9-17-22)24-19-11-10-18-23(24)20-12-4-1-5-13-20;;/h1-19H,26H2;1H;1H3. The largest absolute Gasteiger partial charge is 0.153 e. The molecule has 0 saturated heterocycles. The highest BCUT2D eigenvalue weighted by Crippen LogP contribution is 2.48. The minimum atomic E-state index is -0.311. The van der Waals surface area contributed by atoms with Crippen LogP contribution in [0.3, 0.4) is 0 Å². The summed E-state index contributed by atoms with van der Waals surface area (Å²) in [6.45, 7) is 0. The Hall–Kier alpha value is -1.97. The Morgan fingerprint density at radius 1 is 0.500 bits per heavy atom. The average molecular weight is 423 g/mol. The maximum absolute atomic E-state index is 3.14. The molecule has 0 nitrogen and oxygen atoms in total. The van der Waals surface area contributed by atoms with Crippen molar-refractivity contribution in [3.63, 3.8) is 0 Å². The van der Waals surface area contributed by atoms with Gasteiger partial charge >= 0.3 is 0 Å². The number of halogens is 1. The van der Waals surface area contributed by atoms with Crippen LogP contribution in [-0.4, -0.2) is 0 Å². The maximum Gasteiger partial charge on any atom is 0.0597 e. The smallest absolute Gasteiger partial charge is 0.0597 e. The molecular formula is C25H25ClP2. The Morgan fingerprint density at radius 3 is 1.39 bits per heavy atom. The van der Waals surface area contributed by atoms with Gasteiger partial charge in [0.25, 0.3) is 0 Å². The molecule has 0 aliphatic rings. The lowest BCUT2D eigenvalue weighted by Crippen LogP contribution is -2.22. The molecule has 0 spiro atoms. The Kier molecular flexibility index (Phi) is 7.97. The maximum atomic E-state index is 3.14. The van der Waals surface area contributed by atoms with E-state index in [1.54, 1.807) is 0 Å². The normalized spacial score (nSPS) is 10.5. The summed E-state index contributed by atoms with van der Waals surface area (Å²) in [6, 6.07) is 40.8. The second-order valence-corrected chi connectivity index (χ2v) is 7.32. The van der Waals surface area contributed by atoms with E-state index in [1.807, 2.05) is 0 Å². The van der Waals surface area contributed by atoms with E-state index in [4.69, 9.17) is 0 Å². The van der Waals surface area contributed by atoms with Crippen LogP contribution in [0, 0.1) is 0 Å². The van der Waals surface area contributed by atoms with Gasteiger partial charge in [0.05, 0.1) is 5.16 Å². The first-order valence-corrected chi connectivity index (χ1v) is 9.43. The molecule has 2 atom stereocenters. The third-order valence-electron chi connectivity index (χ3n) is 4.89. The molecule has 0 fully saturated rings. The second kappa shape index (κ2) is 9.99. The number of rotatable bonds is 4. The van der Waals surface area contributed by atoms with Crippen molar-refractivity contribution in [3.05, 3.63) is 132 Å². The lowest BCUT2D eigenvalue weighted by molar-refractivity contribution is 0.899. The molecule has 0 radical (unpaired) electrons. The van der Waals surface area contributed by atoms with E-state index in [0.717, 1.165) is 0 Å². The van der Waals surface area contributed by atoms with Crippen LogP contribution in [0.4, 0.5) is 0 Å². The Labute approximate surface area is 179 Å². The van der Waals surface area contributed by atoms with Crippen molar-refractivity contribution >= 4 is 31.5 Å². The zero-order chi connectivity index (χ0) is 17.8. The summed E-state index contributed by atoms with van der Waals surface area (Å²) < 4.78 is 0. The highest BCUT2D eigenvalue weighted by molar-refractivity contribution is 7.19. The van der Waals surface area contributed by atoms with E-state index >= 15 is 0 Å². The van der Waals surface area contributed by atoms with Crippen LogP contribution in [0.25, 0.3) is 11.1 Å². The molecule has 0 aromatic heterocycles. The first-order chi connectivity index (χ1) is 12.8. The molecular weight excluding hydrogens is 398 g/mol. The van der Waals surface area contributed by atoms with Crippen LogP contribution in [0.1, 0.15) is 16.7 Å². The van der Waals surface area contributed by atoms with E-state index in [1.165, 1.54) is 27.8 Å². The summed E-state index contributed by atoms with van der Waals surface area (Å²) in [5.41, 5.74) is 6.31. The molecule has 2 unspecified atom stereocenters. The van der Waals surface area contributed by atoms with Gasteiger partial charge in [0, 0.05) is 0 Å². The van der Waals surface area contributed by atoms with Crippen molar-refractivity contribution < 1.29 is 0 Å². The highest BCUT2D eigenvalue weighted by Gasteiger charge is 2.33. The lowest BCUT2D eigenvalue weighted by Gasteiger charge is -2.33. The molecule has 0 aliphatic carbocycles. The summed E-state index contributed by atoms with van der Waals surface area (Å²) in [7, 11) is 3.14. The zero-order valence-corrected chi connectivity index (χ0v) is 19.0. The summed E-state index contributed by atoms with van der Waals surface area (Å²) in [5.74, 6) is 0. The summed E-state index contributed by atoms with van der Waals surface area (Å²) in [5, 5.41) is -0.311. The SMILES string of the molecule is Cl.P.PC(c1ccccc1)(c1ccccc1)c1ccccc1-c1ccccc1. The van der Waals surface area contributed by atoms with Crippen molar-refractivity contribution in [3.8, 4) is 11.1 Å². The molecule has 3 heteroatoms. The molecule has 0 bridgehead atoms. The van der Waals surface area contributed by atoms with Gasteiger partial charge < -0.3 is 0 Å². The van der Waals surface area contributed by atoms with Crippen molar-refractivity contribution in [2.75, 3.05) is 0 Å². The molecule has 0 heterocycles. The quantitative estimate of drug-likeness (QED) is 0.245. The average Bonchev–Trinajstić information content (AvgIpc) is 2.75. The van der Waals surface area contributed by atoms with E-state index in [2.05, 4.69) is 125 Å². The molecule has 0 saturated carbocycles. The minimum absolute atomic E-state index is 0. The molecule has 4 aromatic carbocycles. The molecule has 0 N–H and O–H groups in total. The van der Waals surface area contributed by atoms with Gasteiger partial charge in [-0.25, -0.2) is 0 Å². The van der Waals surface area contributed by atoms with Gasteiger partial charge in [0.1, 0.15) is 0 Å². The molecule has 4 aromatic rings. The number of benzene rings is 4. The monoisotopic (exact) mass is 422 g/mol. The van der Waals surface area contributed by atoms with Crippen LogP contribution in [0.5, 0.6) is 0 Å². The van der Waals surface area contributed by atoms with Gasteiger partial charge in [-0.3, -0.25) is 0 Å². The predicted octanol–water partition coefficient (Wildman–Crippen LogP) is 7.00. The Bertz CT molecular complexity index is 947. The molecule has 0 aliphatic heterocycles. The van der Waals surface area contributed by atoms with Crippen molar-refractivity contribution in [1.29, 1.82) is 0 Å². The number of hydrogen-bond donors (Lipinski definition) is 0. The van der Waals surface area contributed by atoms with Crippen molar-refractivity contribution in [2.24, 2.45) is 0 Å². The fraction of sp³-hybridized carbons (Fsp3) is 0.0400. The van der Waals surface area contributed by atoms with Gasteiger partial charge in [0.2, 0.25) is 0 Å². The highest BCUT2D eigenvalue weighted by atomic mass is 35.5. The van der Waals surface area contributed by atoms with Gasteiger partial charge in [-0.15, -0.1) is 21.6 Å². The summed E-state index contributed by atoms with van der Waals surface area (Å²) in [6.07, 6.45) is 0.